The predicted molar refractivity (Wildman–Crippen MR) is 137 cm³/mol. The summed E-state index contributed by atoms with van der Waals surface area (Å²) in [5.41, 5.74) is 1.70. The van der Waals surface area contributed by atoms with E-state index in [1.807, 2.05) is 0 Å². The van der Waals surface area contributed by atoms with Crippen LogP contribution in [0.2, 0.25) is 0 Å². The maximum atomic E-state index is 13.2. The van der Waals surface area contributed by atoms with E-state index in [1.165, 1.54) is 27.8 Å². The standard InChI is InChI=1S/C26H24FN9O3/c1-16(17-4-5-23(29-8-17)34-13-20(27)11-32-34)33-25(37)36-12-19(10-31-36)22-6-21(39-15-26(2,3)38)14-35-24(22)18(7-28)9-30-35/h4-6,8-14,16,38H,15H2,1-3H3,(H,33,37). The topological polar surface area (TPSA) is 148 Å². The monoisotopic (exact) mass is 529 g/mol. The number of fused-ring (bicyclic) bond motifs is 1. The number of pyridine rings is 2. The van der Waals surface area contributed by atoms with Gasteiger partial charge in [-0.15, -0.1) is 0 Å². The average Bonchev–Trinajstić information content (AvgIpc) is 3.66. The Hall–Kier alpha value is -5.09. The number of amides is 1. The molecular weight excluding hydrogens is 505 g/mol. The number of nitrogens with one attached hydrogen (secondary N) is 1. The zero-order valence-corrected chi connectivity index (χ0v) is 21.3. The lowest BCUT2D eigenvalue weighted by atomic mass is 10.1. The lowest BCUT2D eigenvalue weighted by Crippen LogP contribution is -2.31. The van der Waals surface area contributed by atoms with Crippen molar-refractivity contribution in [1.82, 2.24) is 39.5 Å². The van der Waals surface area contributed by atoms with E-state index in [-0.39, 0.29) is 6.61 Å². The van der Waals surface area contributed by atoms with Crippen LogP contribution in [0.5, 0.6) is 5.75 Å². The first kappa shape index (κ1) is 25.6. The number of hydrogen-bond donors (Lipinski definition) is 2. The summed E-state index contributed by atoms with van der Waals surface area (Å²) in [7, 11) is 0. The van der Waals surface area contributed by atoms with Crippen LogP contribution in [0, 0.1) is 17.1 Å². The van der Waals surface area contributed by atoms with Gasteiger partial charge in [0.15, 0.2) is 11.6 Å². The maximum absolute atomic E-state index is 13.2. The number of carbonyl (C=O) groups is 1. The van der Waals surface area contributed by atoms with Crippen LogP contribution >= 0.6 is 0 Å². The third-order valence-corrected chi connectivity index (χ3v) is 5.80. The number of aromatic nitrogens is 7. The Morgan fingerprint density at radius 1 is 1.18 bits per heavy atom. The van der Waals surface area contributed by atoms with E-state index in [4.69, 9.17) is 4.74 Å². The van der Waals surface area contributed by atoms with Gasteiger partial charge in [-0.05, 0) is 38.5 Å². The van der Waals surface area contributed by atoms with Crippen LogP contribution < -0.4 is 10.1 Å². The molecule has 5 aromatic heterocycles. The third-order valence-electron chi connectivity index (χ3n) is 5.80. The van der Waals surface area contributed by atoms with Crippen LogP contribution in [-0.4, -0.2) is 57.5 Å². The lowest BCUT2D eigenvalue weighted by molar-refractivity contribution is 0.0283. The van der Waals surface area contributed by atoms with Crippen molar-refractivity contribution in [1.29, 1.82) is 5.26 Å². The molecule has 1 unspecified atom stereocenters. The molecule has 0 fully saturated rings. The highest BCUT2D eigenvalue weighted by molar-refractivity contribution is 5.86. The molecule has 0 saturated heterocycles. The van der Waals surface area contributed by atoms with Gasteiger partial charge in [0.25, 0.3) is 0 Å². The molecule has 0 aromatic carbocycles. The van der Waals surface area contributed by atoms with Crippen LogP contribution in [0.3, 0.4) is 0 Å². The molecule has 5 heterocycles. The summed E-state index contributed by atoms with van der Waals surface area (Å²) in [4.78, 5) is 17.3. The normalized spacial score (nSPS) is 12.3. The van der Waals surface area contributed by atoms with Crippen LogP contribution in [0.15, 0.2) is 61.6 Å². The summed E-state index contributed by atoms with van der Waals surface area (Å²) in [6.45, 7) is 5.09. The summed E-state index contributed by atoms with van der Waals surface area (Å²) >= 11 is 0. The molecule has 0 aliphatic heterocycles. The quantitative estimate of drug-likeness (QED) is 0.326. The molecule has 198 valence electrons. The van der Waals surface area contributed by atoms with Crippen LogP contribution in [0.4, 0.5) is 9.18 Å². The molecule has 0 aliphatic carbocycles. The van der Waals surface area contributed by atoms with Crippen molar-refractivity contribution in [3.05, 3.63) is 78.5 Å². The molecule has 0 bridgehead atoms. The second kappa shape index (κ2) is 9.99. The Balaban J connectivity index is 1.36. The number of aliphatic hydroxyl groups is 1. The number of carbonyl (C=O) groups excluding carboxylic acids is 1. The van der Waals surface area contributed by atoms with Crippen molar-refractivity contribution in [2.45, 2.75) is 32.4 Å². The zero-order chi connectivity index (χ0) is 27.7. The molecule has 0 aliphatic rings. The summed E-state index contributed by atoms with van der Waals surface area (Å²) in [6.07, 6.45) is 10.00. The van der Waals surface area contributed by atoms with E-state index in [9.17, 15) is 19.6 Å². The molecule has 13 heteroatoms. The molecule has 0 radical (unpaired) electrons. The van der Waals surface area contributed by atoms with Crippen molar-refractivity contribution in [2.24, 2.45) is 0 Å². The van der Waals surface area contributed by atoms with Crippen molar-refractivity contribution in [2.75, 3.05) is 6.61 Å². The average molecular weight is 530 g/mol. The Labute approximate surface area is 221 Å². The van der Waals surface area contributed by atoms with E-state index in [0.717, 1.165) is 16.4 Å². The summed E-state index contributed by atoms with van der Waals surface area (Å²) in [5, 5.41) is 34.8. The van der Waals surface area contributed by atoms with Gasteiger partial charge >= 0.3 is 6.03 Å². The van der Waals surface area contributed by atoms with Gasteiger partial charge in [0, 0.05) is 23.5 Å². The summed E-state index contributed by atoms with van der Waals surface area (Å²) in [6, 6.07) is 6.38. The summed E-state index contributed by atoms with van der Waals surface area (Å²) in [5.74, 6) is 0.396. The number of nitriles is 1. The van der Waals surface area contributed by atoms with E-state index in [2.05, 4.69) is 31.7 Å². The fourth-order valence-corrected chi connectivity index (χ4v) is 3.86. The second-order valence-corrected chi connectivity index (χ2v) is 9.55. The van der Waals surface area contributed by atoms with Gasteiger partial charge in [-0.2, -0.15) is 25.2 Å². The maximum Gasteiger partial charge on any atom is 0.342 e. The lowest BCUT2D eigenvalue weighted by Gasteiger charge is -2.18. The fourth-order valence-electron chi connectivity index (χ4n) is 3.86. The van der Waals surface area contributed by atoms with Gasteiger partial charge in [0.05, 0.1) is 53.7 Å². The first-order valence-electron chi connectivity index (χ1n) is 11.9. The smallest absolute Gasteiger partial charge is 0.342 e. The Morgan fingerprint density at radius 3 is 2.67 bits per heavy atom. The summed E-state index contributed by atoms with van der Waals surface area (Å²) < 4.78 is 23.0. The van der Waals surface area contributed by atoms with Gasteiger partial charge in [-0.1, -0.05) is 6.07 Å². The fraction of sp³-hybridized carbons (Fsp3) is 0.231. The molecular formula is C26H24FN9O3. The molecule has 1 atom stereocenters. The number of rotatable bonds is 7. The predicted octanol–water partition coefficient (Wildman–Crippen LogP) is 3.26. The first-order chi connectivity index (χ1) is 18.6. The van der Waals surface area contributed by atoms with Crippen LogP contribution in [0.25, 0.3) is 22.5 Å². The van der Waals surface area contributed by atoms with Gasteiger partial charge in [-0.3, -0.25) is 0 Å². The molecule has 2 N–H and O–H groups in total. The van der Waals surface area contributed by atoms with Crippen molar-refractivity contribution < 1.29 is 19.0 Å². The number of halogens is 1. The SMILES string of the molecule is CC(NC(=O)n1cc(-c2cc(OCC(C)(C)O)cn3ncc(C#N)c23)cn1)c1ccc(-n2cc(F)cn2)nc1. The highest BCUT2D eigenvalue weighted by atomic mass is 19.1. The van der Waals surface area contributed by atoms with Gasteiger partial charge in [0.1, 0.15) is 18.4 Å². The minimum absolute atomic E-state index is 0.0402. The molecule has 39 heavy (non-hydrogen) atoms. The Bertz CT molecular complexity index is 1690. The third kappa shape index (κ3) is 5.46. The Kier molecular flexibility index (Phi) is 6.55. The highest BCUT2D eigenvalue weighted by Crippen LogP contribution is 2.31. The number of hydrogen-bond acceptors (Lipinski definition) is 8. The van der Waals surface area contributed by atoms with Crippen molar-refractivity contribution in [3.8, 4) is 28.8 Å². The second-order valence-electron chi connectivity index (χ2n) is 9.55. The molecule has 5 rings (SSSR count). The molecule has 0 spiro atoms. The molecule has 0 saturated carbocycles. The molecule has 12 nitrogen and oxygen atoms in total. The van der Waals surface area contributed by atoms with Crippen LogP contribution in [-0.2, 0) is 0 Å². The van der Waals surface area contributed by atoms with E-state index in [0.29, 0.717) is 33.8 Å². The largest absolute Gasteiger partial charge is 0.489 e. The molecule has 1 amide bonds. The number of nitrogens with zero attached hydrogens (tertiary/aromatic N) is 8. The van der Waals surface area contributed by atoms with E-state index in [1.54, 1.807) is 57.6 Å². The Morgan fingerprint density at radius 2 is 2.00 bits per heavy atom. The highest BCUT2D eigenvalue weighted by Gasteiger charge is 2.19. The zero-order valence-electron chi connectivity index (χ0n) is 21.3. The van der Waals surface area contributed by atoms with Crippen molar-refractivity contribution in [3.63, 3.8) is 0 Å². The number of ether oxygens (including phenoxy) is 1. The minimum Gasteiger partial charge on any atom is -0.489 e. The van der Waals surface area contributed by atoms with E-state index < -0.39 is 23.5 Å². The minimum atomic E-state index is -1.05. The van der Waals surface area contributed by atoms with Gasteiger partial charge in [0.2, 0.25) is 0 Å². The van der Waals surface area contributed by atoms with Crippen molar-refractivity contribution >= 4 is 11.5 Å². The molecule has 5 aromatic rings. The van der Waals surface area contributed by atoms with E-state index >= 15 is 0 Å². The van der Waals surface area contributed by atoms with Gasteiger partial charge < -0.3 is 15.2 Å². The van der Waals surface area contributed by atoms with Gasteiger partial charge in [-0.25, -0.2) is 23.4 Å². The first-order valence-corrected chi connectivity index (χ1v) is 11.9. The van der Waals surface area contributed by atoms with Crippen LogP contribution in [0.1, 0.15) is 37.9 Å².